The molecule has 1 aromatic heterocycles. The summed E-state index contributed by atoms with van der Waals surface area (Å²) in [7, 11) is 0. The fraction of sp³-hybridized carbons (Fsp3) is 0.143. The molecule has 0 unspecified atom stereocenters. The van der Waals surface area contributed by atoms with E-state index in [1.54, 1.807) is 18.5 Å². The lowest BCUT2D eigenvalue weighted by Gasteiger charge is -2.04. The van der Waals surface area contributed by atoms with E-state index in [1.807, 2.05) is 31.2 Å². The Hall–Kier alpha value is -1.48. The molecule has 0 aliphatic carbocycles. The first-order valence-electron chi connectivity index (χ1n) is 5.35. The minimum Gasteiger partial charge on any atom is -0.294 e. The van der Waals surface area contributed by atoms with Crippen LogP contribution in [0.4, 0.5) is 0 Å². The molecule has 0 spiro atoms. The summed E-state index contributed by atoms with van der Waals surface area (Å²) in [5, 5.41) is 0. The van der Waals surface area contributed by atoms with Crippen LogP contribution in [0.1, 0.15) is 21.5 Å². The van der Waals surface area contributed by atoms with E-state index < -0.39 is 0 Å². The van der Waals surface area contributed by atoms with E-state index in [4.69, 9.17) is 0 Å². The van der Waals surface area contributed by atoms with Gasteiger partial charge in [-0.3, -0.25) is 9.78 Å². The van der Waals surface area contributed by atoms with E-state index in [-0.39, 0.29) is 5.78 Å². The van der Waals surface area contributed by atoms with Gasteiger partial charge in [-0.2, -0.15) is 0 Å². The largest absolute Gasteiger partial charge is 0.294 e. The van der Waals surface area contributed by atoms with Gasteiger partial charge in [0.15, 0.2) is 5.78 Å². The molecule has 17 heavy (non-hydrogen) atoms. The van der Waals surface area contributed by atoms with Gasteiger partial charge in [-0.1, -0.05) is 28.1 Å². The minimum absolute atomic E-state index is 0.132. The average Bonchev–Trinajstić information content (AvgIpc) is 2.32. The maximum Gasteiger partial charge on any atom is 0.167 e. The third-order valence-corrected chi connectivity index (χ3v) is 3.13. The maximum absolute atomic E-state index is 12.1. The fourth-order valence-corrected chi connectivity index (χ4v) is 1.93. The number of ketones is 1. The number of carbonyl (C=O) groups excluding carboxylic acids is 1. The monoisotopic (exact) mass is 289 g/mol. The van der Waals surface area contributed by atoms with Crippen LogP contribution in [0.5, 0.6) is 0 Å². The van der Waals surface area contributed by atoms with Crippen LogP contribution in [-0.4, -0.2) is 10.8 Å². The summed E-state index contributed by atoms with van der Waals surface area (Å²) in [6.07, 6.45) is 3.80. The van der Waals surface area contributed by atoms with Crippen LogP contribution < -0.4 is 0 Å². The molecule has 2 aromatic rings. The van der Waals surface area contributed by atoms with Crippen molar-refractivity contribution >= 4 is 21.7 Å². The zero-order valence-corrected chi connectivity index (χ0v) is 11.1. The van der Waals surface area contributed by atoms with Gasteiger partial charge in [0.1, 0.15) is 0 Å². The molecule has 0 atom stereocenters. The van der Waals surface area contributed by atoms with E-state index in [2.05, 4.69) is 20.9 Å². The normalized spacial score (nSPS) is 10.2. The van der Waals surface area contributed by atoms with Gasteiger partial charge < -0.3 is 0 Å². The lowest BCUT2D eigenvalue weighted by molar-refractivity contribution is 0.0992. The first-order chi connectivity index (χ1) is 8.16. The molecule has 86 valence electrons. The molecule has 0 fully saturated rings. The third-order valence-electron chi connectivity index (χ3n) is 2.60. The van der Waals surface area contributed by atoms with Crippen molar-refractivity contribution in [1.29, 1.82) is 0 Å². The van der Waals surface area contributed by atoms with Crippen molar-refractivity contribution in [3.63, 3.8) is 0 Å². The Bertz CT molecular complexity index is 534. The molecule has 0 bridgehead atoms. The average molecular weight is 290 g/mol. The highest BCUT2D eigenvalue weighted by Gasteiger charge is 2.09. The predicted octanol–water partition coefficient (Wildman–Crippen LogP) is 3.58. The van der Waals surface area contributed by atoms with Gasteiger partial charge in [-0.25, -0.2) is 0 Å². The molecule has 0 radical (unpaired) electrons. The number of carbonyl (C=O) groups is 1. The highest BCUT2D eigenvalue weighted by Crippen LogP contribution is 2.14. The number of hydrogen-bond donors (Lipinski definition) is 0. The molecule has 0 N–H and O–H groups in total. The summed E-state index contributed by atoms with van der Waals surface area (Å²) in [5.41, 5.74) is 2.70. The van der Waals surface area contributed by atoms with Crippen molar-refractivity contribution in [3.05, 3.63) is 63.9 Å². The summed E-state index contributed by atoms with van der Waals surface area (Å²) in [6, 6.07) is 9.58. The summed E-state index contributed by atoms with van der Waals surface area (Å²) >= 11 is 3.38. The Morgan fingerprint density at radius 1 is 1.24 bits per heavy atom. The van der Waals surface area contributed by atoms with E-state index in [1.165, 1.54) is 0 Å². The number of hydrogen-bond acceptors (Lipinski definition) is 2. The Labute approximate surface area is 109 Å². The van der Waals surface area contributed by atoms with Gasteiger partial charge in [0.25, 0.3) is 0 Å². The summed E-state index contributed by atoms with van der Waals surface area (Å²) in [6.45, 7) is 1.90. The van der Waals surface area contributed by atoms with Crippen molar-refractivity contribution in [2.75, 3.05) is 0 Å². The number of Topliss-reactive ketones (excluding diaryl/α,β-unsaturated/α-hetero) is 1. The van der Waals surface area contributed by atoms with Crippen molar-refractivity contribution in [2.24, 2.45) is 0 Å². The number of nitrogens with zero attached hydrogens (tertiary/aromatic N) is 1. The number of aromatic nitrogens is 1. The van der Waals surface area contributed by atoms with E-state index in [0.29, 0.717) is 6.42 Å². The molecule has 1 heterocycles. The number of benzene rings is 1. The van der Waals surface area contributed by atoms with Crippen LogP contribution in [0.25, 0.3) is 0 Å². The summed E-state index contributed by atoms with van der Waals surface area (Å²) < 4.78 is 1.02. The quantitative estimate of drug-likeness (QED) is 0.809. The van der Waals surface area contributed by atoms with Crippen LogP contribution >= 0.6 is 15.9 Å². The zero-order chi connectivity index (χ0) is 12.3. The molecule has 0 saturated carbocycles. The van der Waals surface area contributed by atoms with Gasteiger partial charge in [0.2, 0.25) is 0 Å². The first-order valence-corrected chi connectivity index (χ1v) is 6.14. The van der Waals surface area contributed by atoms with Gasteiger partial charge in [0, 0.05) is 28.9 Å². The Morgan fingerprint density at radius 2 is 1.94 bits per heavy atom. The van der Waals surface area contributed by atoms with Gasteiger partial charge >= 0.3 is 0 Å². The molecule has 2 nitrogen and oxygen atoms in total. The van der Waals surface area contributed by atoms with Crippen LogP contribution in [0.3, 0.4) is 0 Å². The van der Waals surface area contributed by atoms with Crippen LogP contribution in [0, 0.1) is 6.92 Å². The second-order valence-corrected chi connectivity index (χ2v) is 4.83. The Balaban J connectivity index is 2.17. The zero-order valence-electron chi connectivity index (χ0n) is 9.48. The van der Waals surface area contributed by atoms with Crippen molar-refractivity contribution in [2.45, 2.75) is 13.3 Å². The smallest absolute Gasteiger partial charge is 0.167 e. The summed E-state index contributed by atoms with van der Waals surface area (Å²) in [5.74, 6) is 0.132. The minimum atomic E-state index is 0.132. The van der Waals surface area contributed by atoms with E-state index >= 15 is 0 Å². The van der Waals surface area contributed by atoms with Crippen molar-refractivity contribution in [1.82, 2.24) is 4.98 Å². The number of halogens is 1. The molecule has 0 saturated heterocycles. The molecular formula is C14H12BrNO. The lowest BCUT2D eigenvalue weighted by atomic mass is 10.0. The molecule has 0 aliphatic heterocycles. The second-order valence-electron chi connectivity index (χ2n) is 3.92. The van der Waals surface area contributed by atoms with Crippen molar-refractivity contribution < 1.29 is 4.79 Å². The maximum atomic E-state index is 12.1. The molecule has 3 heteroatoms. The summed E-state index contributed by atoms with van der Waals surface area (Å²) in [4.78, 5) is 16.1. The molecule has 0 aliphatic rings. The SMILES string of the molecule is Cc1cnccc1C(=O)Cc1ccc(Br)cc1. The number of rotatable bonds is 3. The van der Waals surface area contributed by atoms with E-state index in [0.717, 1.165) is 21.2 Å². The van der Waals surface area contributed by atoms with Crippen LogP contribution in [0.15, 0.2) is 47.2 Å². The Kier molecular flexibility index (Phi) is 3.69. The van der Waals surface area contributed by atoms with Gasteiger partial charge in [0.05, 0.1) is 0 Å². The predicted molar refractivity (Wildman–Crippen MR) is 71.2 cm³/mol. The second kappa shape index (κ2) is 5.23. The first kappa shape index (κ1) is 12.0. The molecule has 0 amide bonds. The molecule has 2 rings (SSSR count). The highest BCUT2D eigenvalue weighted by molar-refractivity contribution is 9.10. The molecule has 1 aromatic carbocycles. The van der Waals surface area contributed by atoms with Gasteiger partial charge in [-0.05, 0) is 36.2 Å². The number of aryl methyl sites for hydroxylation is 1. The Morgan fingerprint density at radius 3 is 2.59 bits per heavy atom. The van der Waals surface area contributed by atoms with Gasteiger partial charge in [-0.15, -0.1) is 0 Å². The lowest BCUT2D eigenvalue weighted by Crippen LogP contribution is -2.05. The van der Waals surface area contributed by atoms with Crippen LogP contribution in [-0.2, 0) is 6.42 Å². The van der Waals surface area contributed by atoms with Crippen molar-refractivity contribution in [3.8, 4) is 0 Å². The third kappa shape index (κ3) is 3.01. The number of pyridine rings is 1. The van der Waals surface area contributed by atoms with E-state index in [9.17, 15) is 4.79 Å². The standard InChI is InChI=1S/C14H12BrNO/c1-10-9-16-7-6-13(10)14(17)8-11-2-4-12(15)5-3-11/h2-7,9H,8H2,1H3. The molecular weight excluding hydrogens is 278 g/mol. The van der Waals surface area contributed by atoms with Crippen LogP contribution in [0.2, 0.25) is 0 Å². The fourth-order valence-electron chi connectivity index (χ4n) is 1.67. The highest BCUT2D eigenvalue weighted by atomic mass is 79.9. The topological polar surface area (TPSA) is 30.0 Å².